The van der Waals surface area contributed by atoms with Gasteiger partial charge in [0.25, 0.3) is 11.4 Å². The van der Waals surface area contributed by atoms with Gasteiger partial charge in [-0.3, -0.25) is 20.2 Å². The van der Waals surface area contributed by atoms with E-state index in [4.69, 9.17) is 0 Å². The smallest absolute Gasteiger partial charge is 0.258 e. The molecule has 0 N–H and O–H groups in total. The van der Waals surface area contributed by atoms with Crippen LogP contribution in [0.5, 0.6) is 0 Å². The second kappa shape index (κ2) is 6.12. The molecule has 10 heteroatoms. The number of non-ortho nitro benzene ring substituents is 2. The lowest BCUT2D eigenvalue weighted by Gasteiger charge is -2.00. The van der Waals surface area contributed by atoms with Crippen molar-refractivity contribution in [2.24, 2.45) is 0 Å². The van der Waals surface area contributed by atoms with Crippen molar-refractivity contribution in [1.29, 1.82) is 0 Å². The first-order valence-electron chi connectivity index (χ1n) is 6.61. The van der Waals surface area contributed by atoms with Crippen LogP contribution in [0.3, 0.4) is 0 Å². The fraction of sp³-hybridized carbons (Fsp3) is 0. The molecule has 0 spiro atoms. The van der Waals surface area contributed by atoms with Gasteiger partial charge in [-0.2, -0.15) is 0 Å². The van der Waals surface area contributed by atoms with E-state index in [2.05, 4.69) is 20.4 Å². The quantitative estimate of drug-likeness (QED) is 0.526. The summed E-state index contributed by atoms with van der Waals surface area (Å²) in [6.07, 6.45) is 0. The predicted molar refractivity (Wildman–Crippen MR) is 81.8 cm³/mol. The van der Waals surface area contributed by atoms with Crippen LogP contribution in [0, 0.1) is 20.2 Å². The third-order valence-electron chi connectivity index (χ3n) is 3.15. The van der Waals surface area contributed by atoms with Crippen LogP contribution in [0.25, 0.3) is 22.8 Å². The van der Waals surface area contributed by atoms with Crippen molar-refractivity contribution in [3.63, 3.8) is 0 Å². The molecule has 3 aromatic rings. The topological polar surface area (TPSA) is 138 Å². The van der Waals surface area contributed by atoms with Gasteiger partial charge in [0.15, 0.2) is 0 Å². The SMILES string of the molecule is O=[N+]([O-])c1ccc(-c2nnc(-c3ccc([N+](=O)[O-])cc3)nn2)cc1. The van der Waals surface area contributed by atoms with E-state index in [0.717, 1.165) is 0 Å². The third kappa shape index (κ3) is 3.02. The molecule has 0 aliphatic heterocycles. The van der Waals surface area contributed by atoms with Crippen molar-refractivity contribution in [3.05, 3.63) is 68.8 Å². The Labute approximate surface area is 134 Å². The Hall–Kier alpha value is -3.82. The zero-order valence-electron chi connectivity index (χ0n) is 11.9. The van der Waals surface area contributed by atoms with Gasteiger partial charge >= 0.3 is 0 Å². The van der Waals surface area contributed by atoms with Crippen LogP contribution in [-0.2, 0) is 0 Å². The first-order valence-corrected chi connectivity index (χ1v) is 6.61. The Morgan fingerprint density at radius 2 is 0.875 bits per heavy atom. The van der Waals surface area contributed by atoms with Crippen LogP contribution in [0.1, 0.15) is 0 Å². The largest absolute Gasteiger partial charge is 0.269 e. The van der Waals surface area contributed by atoms with Gasteiger partial charge in [-0.1, -0.05) is 0 Å². The lowest BCUT2D eigenvalue weighted by Crippen LogP contribution is -1.99. The molecule has 10 nitrogen and oxygen atoms in total. The van der Waals surface area contributed by atoms with E-state index >= 15 is 0 Å². The fourth-order valence-corrected chi connectivity index (χ4v) is 1.92. The van der Waals surface area contributed by atoms with Crippen molar-refractivity contribution in [2.45, 2.75) is 0 Å². The summed E-state index contributed by atoms with van der Waals surface area (Å²) < 4.78 is 0. The Kier molecular flexibility index (Phi) is 3.85. The summed E-state index contributed by atoms with van der Waals surface area (Å²) in [6.45, 7) is 0. The van der Waals surface area contributed by atoms with Gasteiger partial charge in [-0.25, -0.2) is 0 Å². The van der Waals surface area contributed by atoms with Crippen molar-refractivity contribution in [3.8, 4) is 22.8 Å². The number of nitrogens with zero attached hydrogens (tertiary/aromatic N) is 6. The molecule has 0 fully saturated rings. The number of nitro groups is 2. The van der Waals surface area contributed by atoms with Gasteiger partial charge in [-0.05, 0) is 24.3 Å². The fourth-order valence-electron chi connectivity index (χ4n) is 1.92. The highest BCUT2D eigenvalue weighted by atomic mass is 16.6. The van der Waals surface area contributed by atoms with Crippen LogP contribution in [0.2, 0.25) is 0 Å². The first-order chi connectivity index (χ1) is 11.5. The standard InChI is InChI=1S/C14H8N6O4/c21-19(22)11-5-1-9(2-6-11)13-15-17-14(18-16-13)10-3-7-12(8-4-10)20(23)24/h1-8H. The molecule has 0 aliphatic rings. The monoisotopic (exact) mass is 324 g/mol. The summed E-state index contributed by atoms with van der Waals surface area (Å²) >= 11 is 0. The highest BCUT2D eigenvalue weighted by Crippen LogP contribution is 2.21. The van der Waals surface area contributed by atoms with Crippen molar-refractivity contribution in [1.82, 2.24) is 20.4 Å². The molecule has 0 atom stereocenters. The zero-order valence-corrected chi connectivity index (χ0v) is 11.9. The van der Waals surface area contributed by atoms with Crippen LogP contribution < -0.4 is 0 Å². The Morgan fingerprint density at radius 1 is 0.583 bits per heavy atom. The summed E-state index contributed by atoms with van der Waals surface area (Å²) in [6, 6.07) is 11.4. The number of hydrogen-bond acceptors (Lipinski definition) is 8. The van der Waals surface area contributed by atoms with Crippen molar-refractivity contribution in [2.75, 3.05) is 0 Å². The van der Waals surface area contributed by atoms with E-state index in [1.165, 1.54) is 48.5 Å². The van der Waals surface area contributed by atoms with Crippen molar-refractivity contribution < 1.29 is 9.85 Å². The van der Waals surface area contributed by atoms with E-state index in [0.29, 0.717) is 11.1 Å². The van der Waals surface area contributed by atoms with E-state index in [1.807, 2.05) is 0 Å². The summed E-state index contributed by atoms with van der Waals surface area (Å²) in [5.41, 5.74) is 0.996. The maximum Gasteiger partial charge on any atom is 0.269 e. The molecule has 0 radical (unpaired) electrons. The highest BCUT2D eigenvalue weighted by molar-refractivity contribution is 5.59. The normalized spacial score (nSPS) is 10.3. The van der Waals surface area contributed by atoms with E-state index in [9.17, 15) is 20.2 Å². The maximum absolute atomic E-state index is 10.6. The Balaban J connectivity index is 1.84. The third-order valence-corrected chi connectivity index (χ3v) is 3.15. The first kappa shape index (κ1) is 15.1. The molecule has 1 heterocycles. The number of aromatic nitrogens is 4. The van der Waals surface area contributed by atoms with Crippen LogP contribution in [0.15, 0.2) is 48.5 Å². The molecule has 0 bridgehead atoms. The van der Waals surface area contributed by atoms with Gasteiger partial charge in [0.2, 0.25) is 11.6 Å². The molecule has 0 amide bonds. The molecule has 1 aromatic heterocycles. The lowest BCUT2D eigenvalue weighted by atomic mass is 10.2. The molecule has 3 rings (SSSR count). The average Bonchev–Trinajstić information content (AvgIpc) is 2.62. The van der Waals surface area contributed by atoms with Gasteiger partial charge in [0.1, 0.15) is 0 Å². The van der Waals surface area contributed by atoms with Gasteiger partial charge in [0, 0.05) is 35.4 Å². The van der Waals surface area contributed by atoms with Crippen LogP contribution in [0.4, 0.5) is 11.4 Å². The van der Waals surface area contributed by atoms with Gasteiger partial charge < -0.3 is 0 Å². The number of rotatable bonds is 4. The molecular weight excluding hydrogens is 316 g/mol. The summed E-state index contributed by atoms with van der Waals surface area (Å²) in [7, 11) is 0. The minimum absolute atomic E-state index is 0.0397. The predicted octanol–water partition coefficient (Wildman–Crippen LogP) is 2.42. The molecule has 24 heavy (non-hydrogen) atoms. The number of benzene rings is 2. The van der Waals surface area contributed by atoms with E-state index in [1.54, 1.807) is 0 Å². The Morgan fingerprint density at radius 3 is 1.12 bits per heavy atom. The summed E-state index contributed by atoms with van der Waals surface area (Å²) in [5, 5.41) is 37.0. The average molecular weight is 324 g/mol. The lowest BCUT2D eigenvalue weighted by molar-refractivity contribution is -0.385. The zero-order chi connectivity index (χ0) is 17.1. The second-order valence-electron chi connectivity index (χ2n) is 4.66. The van der Waals surface area contributed by atoms with Gasteiger partial charge in [-0.15, -0.1) is 20.4 Å². The Bertz CT molecular complexity index is 818. The van der Waals surface area contributed by atoms with Gasteiger partial charge in [0.05, 0.1) is 9.85 Å². The minimum atomic E-state index is -0.501. The maximum atomic E-state index is 10.6. The van der Waals surface area contributed by atoms with E-state index in [-0.39, 0.29) is 23.0 Å². The summed E-state index contributed by atoms with van der Waals surface area (Å²) in [4.78, 5) is 20.2. The van der Waals surface area contributed by atoms with Crippen LogP contribution in [-0.4, -0.2) is 30.2 Å². The highest BCUT2D eigenvalue weighted by Gasteiger charge is 2.10. The molecule has 2 aromatic carbocycles. The molecule has 0 unspecified atom stereocenters. The second-order valence-corrected chi connectivity index (χ2v) is 4.66. The van der Waals surface area contributed by atoms with Crippen molar-refractivity contribution >= 4 is 11.4 Å². The van der Waals surface area contributed by atoms with Crippen LogP contribution >= 0.6 is 0 Å². The van der Waals surface area contributed by atoms with E-state index < -0.39 is 9.85 Å². The molecule has 118 valence electrons. The molecular formula is C14H8N6O4. The number of hydrogen-bond donors (Lipinski definition) is 0. The molecule has 0 saturated carbocycles. The minimum Gasteiger partial charge on any atom is -0.258 e. The summed E-state index contributed by atoms with van der Waals surface area (Å²) in [5.74, 6) is 0.436. The number of nitro benzene ring substituents is 2. The molecule has 0 aliphatic carbocycles. The molecule has 0 saturated heterocycles.